The highest BCUT2D eigenvalue weighted by atomic mass is 32.1. The van der Waals surface area contributed by atoms with Crippen LogP contribution >= 0.6 is 11.5 Å². The average Bonchev–Trinajstić information content (AvgIpc) is 3.10. The third kappa shape index (κ3) is 3.77. The molecule has 1 saturated heterocycles. The van der Waals surface area contributed by atoms with Gasteiger partial charge in [0.2, 0.25) is 11.8 Å². The van der Waals surface area contributed by atoms with Crippen molar-refractivity contribution in [3.63, 3.8) is 0 Å². The average molecular weight is 479 g/mol. The van der Waals surface area contributed by atoms with Crippen LogP contribution in [0.15, 0.2) is 30.4 Å². The Labute approximate surface area is 205 Å². The van der Waals surface area contributed by atoms with Gasteiger partial charge in [-0.3, -0.25) is 9.59 Å². The number of nitrogens with zero attached hydrogens (tertiary/aromatic N) is 2. The van der Waals surface area contributed by atoms with Crippen LogP contribution in [0.3, 0.4) is 0 Å². The van der Waals surface area contributed by atoms with Gasteiger partial charge in [-0.2, -0.15) is 4.37 Å². The number of aromatic nitrogens is 1. The van der Waals surface area contributed by atoms with Crippen LogP contribution in [0.1, 0.15) is 44.2 Å². The molecule has 2 amide bonds. The second-order valence-electron chi connectivity index (χ2n) is 10.7. The molecule has 2 saturated carbocycles. The Morgan fingerprint density at radius 1 is 1.09 bits per heavy atom. The van der Waals surface area contributed by atoms with E-state index in [0.717, 1.165) is 53.7 Å². The molecule has 2 bridgehead atoms. The number of allylic oxidation sites excluding steroid dienone is 2. The summed E-state index contributed by atoms with van der Waals surface area (Å²) in [5.41, 5.74) is 1.92. The molecule has 1 aliphatic heterocycles. The van der Waals surface area contributed by atoms with Crippen molar-refractivity contribution >= 4 is 39.1 Å². The molecule has 34 heavy (non-hydrogen) atoms. The predicted molar refractivity (Wildman–Crippen MR) is 136 cm³/mol. The Morgan fingerprint density at radius 2 is 1.82 bits per heavy atom. The van der Waals surface area contributed by atoms with E-state index in [1.807, 2.05) is 25.1 Å². The molecule has 1 spiro atoms. The monoisotopic (exact) mass is 478 g/mol. The molecule has 6 nitrogen and oxygen atoms in total. The summed E-state index contributed by atoms with van der Waals surface area (Å²) < 4.78 is 5.54. The van der Waals surface area contributed by atoms with Gasteiger partial charge >= 0.3 is 0 Å². The number of likely N-dealkylation sites (tertiary alicyclic amines) is 1. The van der Waals surface area contributed by atoms with Gasteiger partial charge in [0, 0.05) is 17.6 Å². The van der Waals surface area contributed by atoms with Crippen molar-refractivity contribution in [3.8, 4) is 0 Å². The SMILES string of the molecule is Cc1nsc2ccc(NC(=O)[C@H]3[C@H](C(=O)NCCCCN4CCCC4)[C@H]4C=C[C@@H]3C43CC3)cc12. The minimum atomic E-state index is -0.292. The summed E-state index contributed by atoms with van der Waals surface area (Å²) in [7, 11) is 0. The minimum Gasteiger partial charge on any atom is -0.356 e. The van der Waals surface area contributed by atoms with Gasteiger partial charge in [-0.05, 0) is 112 Å². The fraction of sp³-hybridized carbons (Fsp3) is 0.593. The molecule has 0 unspecified atom stereocenters. The molecule has 3 aliphatic carbocycles. The highest BCUT2D eigenvalue weighted by molar-refractivity contribution is 7.13. The molecule has 4 atom stereocenters. The Balaban J connectivity index is 1.12. The molecule has 7 heteroatoms. The third-order valence-corrected chi connectivity index (χ3v) is 9.68. The van der Waals surface area contributed by atoms with E-state index in [9.17, 15) is 9.59 Å². The maximum atomic E-state index is 13.6. The fourth-order valence-corrected chi connectivity index (χ4v) is 7.64. The zero-order chi connectivity index (χ0) is 23.3. The Hall–Kier alpha value is -2.25. The lowest BCUT2D eigenvalue weighted by Crippen LogP contribution is -2.42. The standard InChI is InChI=1S/C27H34N4O2S/c1-17-19-16-18(6-9-22(19)34-30-17)29-26(33)24-21-8-7-20(27(21)10-11-27)23(24)25(32)28-12-2-3-13-31-14-4-5-15-31/h6-9,16,20-21,23-24H,2-5,10-15H2,1H3,(H,28,32)(H,29,33)/t20-,21+,23-,24-/m1/s1. The number of benzene rings is 1. The van der Waals surface area contributed by atoms with Crippen LogP contribution in [0, 0.1) is 36.0 Å². The van der Waals surface area contributed by atoms with Crippen molar-refractivity contribution in [2.75, 3.05) is 31.5 Å². The van der Waals surface area contributed by atoms with Gasteiger partial charge in [0.15, 0.2) is 0 Å². The van der Waals surface area contributed by atoms with Crippen LogP contribution in [0.25, 0.3) is 10.1 Å². The number of nitrogens with one attached hydrogen (secondary N) is 2. The Morgan fingerprint density at radius 3 is 2.56 bits per heavy atom. The summed E-state index contributed by atoms with van der Waals surface area (Å²) in [5, 5.41) is 7.43. The van der Waals surface area contributed by atoms with E-state index in [0.29, 0.717) is 6.54 Å². The number of fused-ring (bicyclic) bond motifs is 1. The van der Waals surface area contributed by atoms with Crippen LogP contribution in [-0.2, 0) is 9.59 Å². The maximum absolute atomic E-state index is 13.6. The molecule has 1 aromatic carbocycles. The molecule has 4 aliphatic rings. The van der Waals surface area contributed by atoms with Gasteiger partial charge in [-0.1, -0.05) is 12.2 Å². The van der Waals surface area contributed by atoms with Gasteiger partial charge in [-0.15, -0.1) is 0 Å². The second kappa shape index (κ2) is 8.76. The zero-order valence-corrected chi connectivity index (χ0v) is 20.7. The van der Waals surface area contributed by atoms with Gasteiger partial charge < -0.3 is 15.5 Å². The number of carbonyl (C=O) groups is 2. The maximum Gasteiger partial charge on any atom is 0.228 e. The van der Waals surface area contributed by atoms with Crippen molar-refractivity contribution in [2.45, 2.75) is 45.4 Å². The van der Waals surface area contributed by atoms with Crippen LogP contribution in [0.2, 0.25) is 0 Å². The fourth-order valence-electron chi connectivity index (χ4n) is 6.87. The number of anilines is 1. The van der Waals surface area contributed by atoms with Gasteiger partial charge in [0.05, 0.1) is 22.2 Å². The van der Waals surface area contributed by atoms with Crippen LogP contribution < -0.4 is 10.6 Å². The van der Waals surface area contributed by atoms with Gasteiger partial charge in [0.1, 0.15) is 0 Å². The lowest BCUT2D eigenvalue weighted by molar-refractivity contribution is -0.132. The number of hydrogen-bond donors (Lipinski definition) is 2. The number of carbonyl (C=O) groups excluding carboxylic acids is 2. The highest BCUT2D eigenvalue weighted by Crippen LogP contribution is 2.72. The summed E-state index contributed by atoms with van der Waals surface area (Å²) in [6, 6.07) is 5.98. The van der Waals surface area contributed by atoms with Crippen LogP contribution in [-0.4, -0.2) is 47.3 Å². The normalized spacial score (nSPS) is 28.7. The molecular weight excluding hydrogens is 444 g/mol. The number of hydrogen-bond acceptors (Lipinski definition) is 5. The third-order valence-electron chi connectivity index (χ3n) is 8.76. The zero-order valence-electron chi connectivity index (χ0n) is 19.9. The van der Waals surface area contributed by atoms with Crippen molar-refractivity contribution in [1.29, 1.82) is 0 Å². The van der Waals surface area contributed by atoms with Crippen molar-refractivity contribution in [2.24, 2.45) is 29.1 Å². The number of rotatable bonds is 8. The predicted octanol–water partition coefficient (Wildman–Crippen LogP) is 4.36. The Kier molecular flexibility index (Phi) is 5.72. The molecular formula is C27H34N4O2S. The number of amides is 2. The van der Waals surface area contributed by atoms with Crippen molar-refractivity contribution < 1.29 is 9.59 Å². The quantitative estimate of drug-likeness (QED) is 0.437. The van der Waals surface area contributed by atoms with E-state index < -0.39 is 0 Å². The van der Waals surface area contributed by atoms with Crippen molar-refractivity contribution in [3.05, 3.63) is 36.0 Å². The summed E-state index contributed by atoms with van der Waals surface area (Å²) >= 11 is 1.48. The molecule has 180 valence electrons. The first-order valence-corrected chi connectivity index (χ1v) is 13.7. The summed E-state index contributed by atoms with van der Waals surface area (Å²) in [5.74, 6) is -0.125. The Bertz CT molecular complexity index is 1130. The van der Waals surface area contributed by atoms with Gasteiger partial charge in [-0.25, -0.2) is 0 Å². The molecule has 2 aromatic rings. The van der Waals surface area contributed by atoms with Crippen molar-refractivity contribution in [1.82, 2.24) is 14.6 Å². The molecule has 1 aromatic heterocycles. The largest absolute Gasteiger partial charge is 0.356 e. The molecule has 2 N–H and O–H groups in total. The highest BCUT2D eigenvalue weighted by Gasteiger charge is 2.69. The summed E-state index contributed by atoms with van der Waals surface area (Å²) in [6.45, 7) is 6.26. The van der Waals surface area contributed by atoms with Crippen LogP contribution in [0.4, 0.5) is 5.69 Å². The molecule has 6 rings (SSSR count). The van der Waals surface area contributed by atoms with E-state index in [4.69, 9.17) is 0 Å². The lowest BCUT2D eigenvalue weighted by Gasteiger charge is -2.26. The van der Waals surface area contributed by atoms with E-state index in [1.165, 1.54) is 37.5 Å². The first-order chi connectivity index (χ1) is 16.6. The number of unbranched alkanes of at least 4 members (excludes halogenated alkanes) is 1. The van der Waals surface area contributed by atoms with E-state index >= 15 is 0 Å². The van der Waals surface area contributed by atoms with E-state index in [2.05, 4.69) is 32.1 Å². The summed E-state index contributed by atoms with van der Waals surface area (Å²) in [4.78, 5) is 29.5. The lowest BCUT2D eigenvalue weighted by atomic mass is 9.81. The van der Waals surface area contributed by atoms with E-state index in [1.54, 1.807) is 0 Å². The smallest absolute Gasteiger partial charge is 0.228 e. The number of aryl methyl sites for hydroxylation is 1. The molecule has 0 radical (unpaired) electrons. The molecule has 3 fully saturated rings. The topological polar surface area (TPSA) is 74.3 Å². The second-order valence-corrected chi connectivity index (χ2v) is 11.5. The van der Waals surface area contributed by atoms with E-state index in [-0.39, 0.29) is 40.9 Å². The summed E-state index contributed by atoms with van der Waals surface area (Å²) in [6.07, 6.45) is 11.5. The first kappa shape index (κ1) is 22.2. The minimum absolute atomic E-state index is 0.0162. The van der Waals surface area contributed by atoms with Gasteiger partial charge in [0.25, 0.3) is 0 Å². The first-order valence-electron chi connectivity index (χ1n) is 12.9. The molecule has 2 heterocycles. The van der Waals surface area contributed by atoms with Crippen LogP contribution in [0.5, 0.6) is 0 Å².